The van der Waals surface area contributed by atoms with Gasteiger partial charge in [-0.2, -0.15) is 0 Å². The monoisotopic (exact) mass is 380 g/mol. The minimum atomic E-state index is 0.419. The summed E-state index contributed by atoms with van der Waals surface area (Å²) in [6.07, 6.45) is 7.90. The van der Waals surface area contributed by atoms with Crippen molar-refractivity contribution in [1.82, 2.24) is 29.2 Å². The number of hydrogen-bond donors (Lipinski definition) is 0. The van der Waals surface area contributed by atoms with Crippen molar-refractivity contribution in [2.24, 2.45) is 7.05 Å². The molecule has 0 bridgehead atoms. The molecule has 0 aliphatic carbocycles. The lowest BCUT2D eigenvalue weighted by Gasteiger charge is -2.32. The lowest BCUT2D eigenvalue weighted by molar-refractivity contribution is 0.195. The molecule has 7 heteroatoms. The smallest absolute Gasteiger partial charge is 0.152 e. The fourth-order valence-electron chi connectivity index (χ4n) is 4.12. The van der Waals surface area contributed by atoms with E-state index in [4.69, 9.17) is 4.74 Å². The van der Waals surface area contributed by atoms with Crippen molar-refractivity contribution in [3.8, 4) is 5.75 Å². The van der Waals surface area contributed by atoms with Gasteiger partial charge in [-0.05, 0) is 43.5 Å². The Morgan fingerprint density at radius 2 is 2.11 bits per heavy atom. The first kappa shape index (κ1) is 18.7. The van der Waals surface area contributed by atoms with Crippen LogP contribution in [0.25, 0.3) is 0 Å². The van der Waals surface area contributed by atoms with E-state index < -0.39 is 0 Å². The van der Waals surface area contributed by atoms with Gasteiger partial charge in [-0.1, -0.05) is 12.1 Å². The van der Waals surface area contributed by atoms with Crippen molar-refractivity contribution < 1.29 is 4.74 Å². The van der Waals surface area contributed by atoms with E-state index in [1.54, 1.807) is 13.3 Å². The van der Waals surface area contributed by atoms with Crippen LogP contribution in [-0.4, -0.2) is 49.4 Å². The van der Waals surface area contributed by atoms with Crippen LogP contribution in [0.1, 0.15) is 41.5 Å². The number of benzene rings is 1. The minimum absolute atomic E-state index is 0.419. The van der Waals surface area contributed by atoms with Crippen LogP contribution in [0, 0.1) is 6.92 Å². The summed E-state index contributed by atoms with van der Waals surface area (Å²) in [5.74, 6) is 3.42. The molecule has 0 spiro atoms. The third-order valence-electron chi connectivity index (χ3n) is 5.62. The normalized spacial score (nSPS) is 17.8. The summed E-state index contributed by atoms with van der Waals surface area (Å²) in [4.78, 5) is 6.63. The van der Waals surface area contributed by atoms with Gasteiger partial charge in [0.1, 0.15) is 11.6 Å². The first-order valence-electron chi connectivity index (χ1n) is 9.84. The Labute approximate surface area is 166 Å². The standard InChI is InChI=1S/C21H28N6O/c1-16-11-17(6-7-19(16)28-3)12-26-9-4-5-18(13-26)21-24-23-20(25(21)2)14-27-10-8-22-15-27/h6-8,10-11,15,18H,4-5,9,12-14H2,1-3H3/t18-/m0/s1. The van der Waals surface area contributed by atoms with Crippen LogP contribution in [0.5, 0.6) is 5.75 Å². The van der Waals surface area contributed by atoms with Crippen molar-refractivity contribution in [2.45, 2.75) is 38.8 Å². The Morgan fingerprint density at radius 3 is 2.86 bits per heavy atom. The molecule has 3 heterocycles. The average Bonchev–Trinajstić information content (AvgIpc) is 3.33. The second kappa shape index (κ2) is 8.14. The number of aromatic nitrogens is 5. The third kappa shape index (κ3) is 3.94. The average molecular weight is 380 g/mol. The first-order chi connectivity index (χ1) is 13.6. The largest absolute Gasteiger partial charge is 0.496 e. The number of nitrogens with zero attached hydrogens (tertiary/aromatic N) is 6. The summed E-state index contributed by atoms with van der Waals surface area (Å²) >= 11 is 0. The van der Waals surface area contributed by atoms with Gasteiger partial charge in [0.2, 0.25) is 0 Å². The lowest BCUT2D eigenvalue weighted by atomic mass is 9.96. The van der Waals surface area contributed by atoms with Gasteiger partial charge in [-0.3, -0.25) is 4.90 Å². The SMILES string of the molecule is COc1ccc(CN2CCC[C@H](c3nnc(Cn4ccnc4)n3C)C2)cc1C. The molecule has 0 saturated carbocycles. The minimum Gasteiger partial charge on any atom is -0.496 e. The molecule has 0 amide bonds. The Hall–Kier alpha value is -2.67. The second-order valence-corrected chi connectivity index (χ2v) is 7.65. The predicted molar refractivity (Wildman–Crippen MR) is 107 cm³/mol. The summed E-state index contributed by atoms with van der Waals surface area (Å²) < 4.78 is 9.56. The molecule has 1 aliphatic heterocycles. The third-order valence-corrected chi connectivity index (χ3v) is 5.62. The van der Waals surface area contributed by atoms with E-state index in [9.17, 15) is 0 Å². The molecule has 148 valence electrons. The molecular weight excluding hydrogens is 352 g/mol. The number of imidazole rings is 1. The molecule has 1 aliphatic rings. The summed E-state index contributed by atoms with van der Waals surface area (Å²) in [6, 6.07) is 6.46. The Balaban J connectivity index is 1.44. The molecule has 7 nitrogen and oxygen atoms in total. The first-order valence-corrected chi connectivity index (χ1v) is 9.84. The molecule has 0 radical (unpaired) electrons. The van der Waals surface area contributed by atoms with E-state index in [0.717, 1.165) is 43.5 Å². The number of aryl methyl sites for hydroxylation is 1. The van der Waals surface area contributed by atoms with Gasteiger partial charge >= 0.3 is 0 Å². The quantitative estimate of drug-likeness (QED) is 0.658. The number of ether oxygens (including phenoxy) is 1. The number of piperidine rings is 1. The van der Waals surface area contributed by atoms with Crippen LogP contribution in [-0.2, 0) is 20.1 Å². The second-order valence-electron chi connectivity index (χ2n) is 7.65. The summed E-state index contributed by atoms with van der Waals surface area (Å²) in [7, 11) is 3.80. The van der Waals surface area contributed by atoms with Crippen molar-refractivity contribution in [3.05, 3.63) is 59.7 Å². The number of methoxy groups -OCH3 is 1. The van der Waals surface area contributed by atoms with E-state index in [0.29, 0.717) is 12.5 Å². The zero-order chi connectivity index (χ0) is 19.5. The van der Waals surface area contributed by atoms with E-state index >= 15 is 0 Å². The van der Waals surface area contributed by atoms with Crippen molar-refractivity contribution in [3.63, 3.8) is 0 Å². The van der Waals surface area contributed by atoms with Gasteiger partial charge in [0.05, 0.1) is 20.0 Å². The van der Waals surface area contributed by atoms with E-state index in [-0.39, 0.29) is 0 Å². The van der Waals surface area contributed by atoms with Crippen LogP contribution in [0.2, 0.25) is 0 Å². The molecule has 1 aromatic carbocycles. The van der Waals surface area contributed by atoms with E-state index in [1.165, 1.54) is 17.5 Å². The fraction of sp³-hybridized carbons (Fsp3) is 0.476. The maximum atomic E-state index is 5.38. The highest BCUT2D eigenvalue weighted by molar-refractivity contribution is 5.36. The predicted octanol–water partition coefficient (Wildman–Crippen LogP) is 2.76. The van der Waals surface area contributed by atoms with Crippen LogP contribution in [0.3, 0.4) is 0 Å². The highest BCUT2D eigenvalue weighted by Gasteiger charge is 2.26. The maximum absolute atomic E-state index is 5.38. The molecule has 0 N–H and O–H groups in total. The Morgan fingerprint density at radius 1 is 1.21 bits per heavy atom. The molecular formula is C21H28N6O. The zero-order valence-corrected chi connectivity index (χ0v) is 16.9. The van der Waals surface area contributed by atoms with Crippen molar-refractivity contribution >= 4 is 0 Å². The summed E-state index contributed by atoms with van der Waals surface area (Å²) in [6.45, 7) is 5.90. The van der Waals surface area contributed by atoms with Gasteiger partial charge in [0.15, 0.2) is 5.82 Å². The molecule has 0 unspecified atom stereocenters. The zero-order valence-electron chi connectivity index (χ0n) is 16.9. The molecule has 1 saturated heterocycles. The van der Waals surface area contributed by atoms with E-state index in [1.807, 2.05) is 17.1 Å². The molecule has 1 fully saturated rings. The maximum Gasteiger partial charge on any atom is 0.152 e. The van der Waals surface area contributed by atoms with Gasteiger partial charge in [-0.25, -0.2) is 4.98 Å². The highest BCUT2D eigenvalue weighted by atomic mass is 16.5. The number of rotatable bonds is 6. The fourth-order valence-corrected chi connectivity index (χ4v) is 4.12. The molecule has 3 aromatic rings. The van der Waals surface area contributed by atoms with Crippen molar-refractivity contribution in [2.75, 3.05) is 20.2 Å². The van der Waals surface area contributed by atoms with Gasteiger partial charge in [-0.15, -0.1) is 10.2 Å². The molecule has 1 atom stereocenters. The van der Waals surface area contributed by atoms with Gasteiger partial charge in [0, 0.05) is 38.4 Å². The number of hydrogen-bond acceptors (Lipinski definition) is 5. The summed E-state index contributed by atoms with van der Waals surface area (Å²) in [5, 5.41) is 8.97. The summed E-state index contributed by atoms with van der Waals surface area (Å²) in [5.41, 5.74) is 2.52. The Bertz CT molecular complexity index is 917. The van der Waals surface area contributed by atoms with E-state index in [2.05, 4.69) is 56.8 Å². The highest BCUT2D eigenvalue weighted by Crippen LogP contribution is 2.27. The van der Waals surface area contributed by atoms with Gasteiger partial charge in [0.25, 0.3) is 0 Å². The molecule has 2 aromatic heterocycles. The molecule has 28 heavy (non-hydrogen) atoms. The van der Waals surface area contributed by atoms with Gasteiger partial charge < -0.3 is 13.9 Å². The van der Waals surface area contributed by atoms with Crippen LogP contribution in [0.15, 0.2) is 36.9 Å². The van der Waals surface area contributed by atoms with Crippen LogP contribution >= 0.6 is 0 Å². The number of likely N-dealkylation sites (tertiary alicyclic amines) is 1. The lowest BCUT2D eigenvalue weighted by Crippen LogP contribution is -2.34. The molecule has 4 rings (SSSR count). The van der Waals surface area contributed by atoms with Crippen LogP contribution < -0.4 is 4.74 Å². The van der Waals surface area contributed by atoms with Crippen LogP contribution in [0.4, 0.5) is 0 Å². The topological polar surface area (TPSA) is 61.0 Å². The van der Waals surface area contributed by atoms with Crippen molar-refractivity contribution in [1.29, 1.82) is 0 Å². The Kier molecular flexibility index (Phi) is 5.43.